The first kappa shape index (κ1) is 22.5. The summed E-state index contributed by atoms with van der Waals surface area (Å²) >= 11 is 0. The SMILES string of the molecule is CC[C@@]1(C(=O)NCc2ccccc2F)C[C@@H]2CC[C@H]1N2C(=O)c1cccn1C.O=CO. The van der Waals surface area contributed by atoms with Gasteiger partial charge in [-0.05, 0) is 43.9 Å². The van der Waals surface area contributed by atoms with Gasteiger partial charge in [-0.3, -0.25) is 14.4 Å². The van der Waals surface area contributed by atoms with Crippen LogP contribution in [0.25, 0.3) is 0 Å². The number of benzene rings is 1. The van der Waals surface area contributed by atoms with Crippen molar-refractivity contribution < 1.29 is 23.9 Å². The zero-order valence-electron chi connectivity index (χ0n) is 17.8. The molecule has 1 aromatic heterocycles. The van der Waals surface area contributed by atoms with Crippen LogP contribution in [0.5, 0.6) is 0 Å². The fourth-order valence-corrected chi connectivity index (χ4v) is 5.08. The summed E-state index contributed by atoms with van der Waals surface area (Å²) in [5, 5.41) is 9.83. The molecule has 8 heteroatoms. The van der Waals surface area contributed by atoms with Crippen molar-refractivity contribution in [3.05, 3.63) is 59.7 Å². The zero-order chi connectivity index (χ0) is 22.6. The van der Waals surface area contributed by atoms with Crippen LogP contribution in [0.3, 0.4) is 0 Å². The lowest BCUT2D eigenvalue weighted by Gasteiger charge is -2.35. The molecule has 3 heterocycles. The lowest BCUT2D eigenvalue weighted by molar-refractivity contribution is -0.133. The molecule has 2 bridgehead atoms. The Kier molecular flexibility index (Phi) is 6.77. The third-order valence-corrected chi connectivity index (χ3v) is 6.62. The van der Waals surface area contributed by atoms with Gasteiger partial charge in [0, 0.05) is 37.4 Å². The van der Waals surface area contributed by atoms with E-state index in [2.05, 4.69) is 5.32 Å². The van der Waals surface area contributed by atoms with Crippen LogP contribution in [-0.4, -0.2) is 44.9 Å². The standard InChI is InChI=1S/C22H26FN3O2.CH2O2/c1-3-22(21(28)24-14-15-7-4-5-8-17(15)23)13-16-10-11-19(22)26(16)20(27)18-9-6-12-25(18)2;2-1-3/h4-9,12,16,19H,3,10-11,13-14H2,1-2H3,(H,24,28);1H,(H,2,3)/t16-,19+,22+;/m0./s1. The Hall–Kier alpha value is -3.16. The van der Waals surface area contributed by atoms with Crippen molar-refractivity contribution >= 4 is 18.3 Å². The number of carboxylic acid groups (broad SMARTS) is 1. The van der Waals surface area contributed by atoms with E-state index in [4.69, 9.17) is 9.90 Å². The Labute approximate surface area is 180 Å². The molecular formula is C23H28FN3O4. The number of nitrogens with one attached hydrogen (secondary N) is 1. The van der Waals surface area contributed by atoms with Crippen molar-refractivity contribution in [3.8, 4) is 0 Å². The number of hydrogen-bond donors (Lipinski definition) is 2. The average Bonchev–Trinajstić information content (AvgIpc) is 3.46. The van der Waals surface area contributed by atoms with Gasteiger partial charge in [0.1, 0.15) is 11.5 Å². The van der Waals surface area contributed by atoms with E-state index in [0.29, 0.717) is 24.1 Å². The van der Waals surface area contributed by atoms with Gasteiger partial charge in [0.05, 0.1) is 5.41 Å². The summed E-state index contributed by atoms with van der Waals surface area (Å²) in [4.78, 5) is 36.7. The molecular weight excluding hydrogens is 401 g/mol. The second-order valence-electron chi connectivity index (χ2n) is 8.06. The summed E-state index contributed by atoms with van der Waals surface area (Å²) in [5.41, 5.74) is 0.521. The Morgan fingerprint density at radius 2 is 1.97 bits per heavy atom. The van der Waals surface area contributed by atoms with Crippen LogP contribution >= 0.6 is 0 Å². The second-order valence-corrected chi connectivity index (χ2v) is 8.06. The minimum atomic E-state index is -0.602. The summed E-state index contributed by atoms with van der Waals surface area (Å²) in [6, 6.07) is 10.1. The summed E-state index contributed by atoms with van der Waals surface area (Å²) in [6.45, 7) is 1.92. The Balaban J connectivity index is 0.000000858. The molecule has 1 aromatic carbocycles. The monoisotopic (exact) mass is 429 g/mol. The van der Waals surface area contributed by atoms with Crippen LogP contribution in [0.1, 0.15) is 48.7 Å². The summed E-state index contributed by atoms with van der Waals surface area (Å²) in [6.07, 6.45) is 4.96. The Morgan fingerprint density at radius 3 is 2.58 bits per heavy atom. The molecule has 0 unspecified atom stereocenters. The Bertz CT molecular complexity index is 960. The number of aryl methyl sites for hydroxylation is 1. The molecule has 2 N–H and O–H groups in total. The molecule has 4 rings (SSSR count). The van der Waals surface area contributed by atoms with Gasteiger partial charge in [0.15, 0.2) is 0 Å². The Morgan fingerprint density at radius 1 is 1.26 bits per heavy atom. The third-order valence-electron chi connectivity index (χ3n) is 6.62. The van der Waals surface area contributed by atoms with Gasteiger partial charge in [-0.1, -0.05) is 25.1 Å². The molecule has 2 saturated heterocycles. The number of hydrogen-bond acceptors (Lipinski definition) is 3. The predicted molar refractivity (Wildman–Crippen MR) is 113 cm³/mol. The quantitative estimate of drug-likeness (QED) is 0.715. The number of carbonyl (C=O) groups excluding carboxylic acids is 2. The molecule has 3 atom stereocenters. The molecule has 0 aliphatic carbocycles. The van der Waals surface area contributed by atoms with Gasteiger partial charge in [-0.25, -0.2) is 4.39 Å². The number of rotatable bonds is 5. The molecule has 166 valence electrons. The van der Waals surface area contributed by atoms with Gasteiger partial charge in [-0.2, -0.15) is 0 Å². The van der Waals surface area contributed by atoms with Crippen molar-refractivity contribution in [2.75, 3.05) is 0 Å². The smallest absolute Gasteiger partial charge is 0.290 e. The number of aromatic nitrogens is 1. The van der Waals surface area contributed by atoms with Gasteiger partial charge >= 0.3 is 0 Å². The van der Waals surface area contributed by atoms with E-state index in [1.807, 2.05) is 41.8 Å². The van der Waals surface area contributed by atoms with E-state index in [9.17, 15) is 14.0 Å². The van der Waals surface area contributed by atoms with Crippen LogP contribution in [0.4, 0.5) is 4.39 Å². The molecule has 2 fully saturated rings. The topological polar surface area (TPSA) is 91.6 Å². The molecule has 2 aliphatic rings. The number of halogens is 1. The van der Waals surface area contributed by atoms with E-state index in [1.165, 1.54) is 6.07 Å². The highest BCUT2D eigenvalue weighted by molar-refractivity contribution is 5.95. The van der Waals surface area contributed by atoms with Crippen LogP contribution in [-0.2, 0) is 23.2 Å². The van der Waals surface area contributed by atoms with Crippen LogP contribution in [0.15, 0.2) is 42.6 Å². The van der Waals surface area contributed by atoms with E-state index >= 15 is 0 Å². The molecule has 0 saturated carbocycles. The van der Waals surface area contributed by atoms with Gasteiger partial charge in [0.2, 0.25) is 5.91 Å². The summed E-state index contributed by atoms with van der Waals surface area (Å²) in [7, 11) is 1.86. The van der Waals surface area contributed by atoms with E-state index in [0.717, 1.165) is 12.8 Å². The average molecular weight is 429 g/mol. The molecule has 2 amide bonds. The highest BCUT2D eigenvalue weighted by atomic mass is 19.1. The number of nitrogens with zero attached hydrogens (tertiary/aromatic N) is 2. The van der Waals surface area contributed by atoms with Crippen molar-refractivity contribution in [1.82, 2.24) is 14.8 Å². The maximum Gasteiger partial charge on any atom is 0.290 e. The lowest BCUT2D eigenvalue weighted by atomic mass is 9.71. The first-order valence-corrected chi connectivity index (χ1v) is 10.4. The minimum absolute atomic E-state index is 0.00257. The number of fused-ring (bicyclic) bond motifs is 2. The fourth-order valence-electron chi connectivity index (χ4n) is 5.08. The van der Waals surface area contributed by atoms with Gasteiger partial charge in [0.25, 0.3) is 12.4 Å². The molecule has 0 radical (unpaired) electrons. The highest BCUT2D eigenvalue weighted by Gasteiger charge is 2.60. The normalized spacial score (nSPS) is 23.8. The van der Waals surface area contributed by atoms with Crippen molar-refractivity contribution in [3.63, 3.8) is 0 Å². The molecule has 31 heavy (non-hydrogen) atoms. The van der Waals surface area contributed by atoms with Crippen molar-refractivity contribution in [2.24, 2.45) is 12.5 Å². The van der Waals surface area contributed by atoms with E-state index in [1.54, 1.807) is 18.2 Å². The number of amides is 2. The van der Waals surface area contributed by atoms with E-state index < -0.39 is 5.41 Å². The van der Waals surface area contributed by atoms with Crippen molar-refractivity contribution in [1.29, 1.82) is 0 Å². The predicted octanol–water partition coefficient (Wildman–Crippen LogP) is 2.95. The fraction of sp³-hybridized carbons (Fsp3) is 0.435. The minimum Gasteiger partial charge on any atom is -0.483 e. The first-order chi connectivity index (χ1) is 14.9. The highest BCUT2D eigenvalue weighted by Crippen LogP contribution is 2.52. The number of carbonyl (C=O) groups is 3. The van der Waals surface area contributed by atoms with Crippen molar-refractivity contribution in [2.45, 2.75) is 51.2 Å². The van der Waals surface area contributed by atoms with Gasteiger partial charge in [-0.15, -0.1) is 0 Å². The summed E-state index contributed by atoms with van der Waals surface area (Å²) in [5.74, 6) is -0.394. The molecule has 2 aliphatic heterocycles. The summed E-state index contributed by atoms with van der Waals surface area (Å²) < 4.78 is 15.7. The van der Waals surface area contributed by atoms with E-state index in [-0.39, 0.29) is 42.7 Å². The van der Waals surface area contributed by atoms with Crippen LogP contribution in [0.2, 0.25) is 0 Å². The third kappa shape index (κ3) is 4.06. The maximum atomic E-state index is 13.9. The van der Waals surface area contributed by atoms with Crippen LogP contribution < -0.4 is 5.32 Å². The van der Waals surface area contributed by atoms with Gasteiger partial charge < -0.3 is 19.9 Å². The maximum absolute atomic E-state index is 13.9. The second kappa shape index (κ2) is 9.32. The molecule has 0 spiro atoms. The first-order valence-electron chi connectivity index (χ1n) is 10.4. The zero-order valence-corrected chi connectivity index (χ0v) is 17.8. The lowest BCUT2D eigenvalue weighted by Crippen LogP contribution is -2.49. The molecule has 2 aromatic rings. The van der Waals surface area contributed by atoms with Crippen LogP contribution in [0, 0.1) is 11.2 Å². The molecule has 7 nitrogen and oxygen atoms in total. The largest absolute Gasteiger partial charge is 0.483 e.